The molecule has 0 radical (unpaired) electrons. The molecule has 36 heavy (non-hydrogen) atoms. The van der Waals surface area contributed by atoms with Gasteiger partial charge in [-0.05, 0) is 54.4 Å². The van der Waals surface area contributed by atoms with Crippen LogP contribution in [0.1, 0.15) is 11.1 Å². The molecule has 8 nitrogen and oxygen atoms in total. The molecule has 5 rings (SSSR count). The molecule has 0 aliphatic rings. The molecule has 10 heteroatoms. The molecule has 2 heterocycles. The largest absolute Gasteiger partial charge is 0.332 e. The first kappa shape index (κ1) is 22.9. The number of rotatable bonds is 6. The van der Waals surface area contributed by atoms with E-state index in [1.807, 2.05) is 16.7 Å². The lowest BCUT2D eigenvalue weighted by Gasteiger charge is -2.09. The second-order valence-corrected chi connectivity index (χ2v) is 8.10. The van der Waals surface area contributed by atoms with E-state index in [-0.39, 0.29) is 23.3 Å². The van der Waals surface area contributed by atoms with Crippen molar-refractivity contribution in [2.24, 2.45) is 0 Å². The van der Waals surface area contributed by atoms with E-state index in [0.717, 1.165) is 5.56 Å². The highest BCUT2D eigenvalue weighted by Crippen LogP contribution is 2.22. The van der Waals surface area contributed by atoms with Crippen molar-refractivity contribution in [3.63, 3.8) is 0 Å². The number of imidazole rings is 1. The molecule has 0 fully saturated rings. The zero-order valence-corrected chi connectivity index (χ0v) is 19.1. The number of amides is 2. The molecule has 0 unspecified atom stereocenters. The number of hydrogen-bond acceptors (Lipinski definition) is 5. The highest BCUT2D eigenvalue weighted by Gasteiger charge is 2.14. The maximum atomic E-state index is 13.7. The third-order valence-electron chi connectivity index (χ3n) is 5.37. The highest BCUT2D eigenvalue weighted by atomic mass is 19.1. The van der Waals surface area contributed by atoms with Crippen molar-refractivity contribution in [1.29, 1.82) is 0 Å². The molecule has 0 bridgehead atoms. The summed E-state index contributed by atoms with van der Waals surface area (Å²) in [4.78, 5) is 20.8. The number of aryl methyl sites for hydroxylation is 1. The molecule has 0 saturated heterocycles. The van der Waals surface area contributed by atoms with E-state index >= 15 is 0 Å². The minimum atomic E-state index is -0.470. The fraction of sp³-hybridized carbons (Fsp3) is 0.0769. The molecule has 2 aromatic heterocycles. The average Bonchev–Trinajstić information content (AvgIpc) is 3.53. The number of anilines is 2. The van der Waals surface area contributed by atoms with Gasteiger partial charge in [0.05, 0.1) is 6.33 Å². The number of nitrogens with zero attached hydrogens (tertiary/aromatic N) is 4. The molecular weight excluding hydrogens is 466 g/mol. The Morgan fingerprint density at radius 1 is 1.00 bits per heavy atom. The van der Waals surface area contributed by atoms with Crippen molar-refractivity contribution < 1.29 is 18.1 Å². The van der Waals surface area contributed by atoms with E-state index in [1.165, 1.54) is 18.2 Å². The first-order valence-corrected chi connectivity index (χ1v) is 11.0. The lowest BCUT2D eigenvalue weighted by Crippen LogP contribution is -2.19. The van der Waals surface area contributed by atoms with E-state index in [9.17, 15) is 13.6 Å². The van der Waals surface area contributed by atoms with E-state index < -0.39 is 6.03 Å². The molecule has 0 aliphatic carbocycles. The summed E-state index contributed by atoms with van der Waals surface area (Å²) in [5.41, 5.74) is 3.44. The lowest BCUT2D eigenvalue weighted by molar-refractivity contribution is 0.262. The van der Waals surface area contributed by atoms with Gasteiger partial charge in [-0.2, -0.15) is 4.98 Å². The predicted molar refractivity (Wildman–Crippen MR) is 130 cm³/mol. The number of carbonyl (C=O) groups excluding carboxylic acids is 1. The quantitative estimate of drug-likeness (QED) is 0.312. The van der Waals surface area contributed by atoms with Crippen molar-refractivity contribution in [1.82, 2.24) is 19.7 Å². The van der Waals surface area contributed by atoms with Crippen molar-refractivity contribution >= 4 is 17.4 Å². The van der Waals surface area contributed by atoms with Gasteiger partial charge in [0.15, 0.2) is 0 Å². The molecule has 0 atom stereocenters. The Morgan fingerprint density at radius 3 is 2.56 bits per heavy atom. The molecule has 0 saturated carbocycles. The van der Waals surface area contributed by atoms with Gasteiger partial charge in [-0.1, -0.05) is 35.5 Å². The van der Waals surface area contributed by atoms with Gasteiger partial charge >= 0.3 is 6.03 Å². The molecule has 5 aromatic rings. The SMILES string of the molecule is Cc1ccc(NC(=O)Nc2ccc(Cn3cnc(-c4nc(-c5cccc(F)c5)no4)c3)cc2)cc1F. The minimum absolute atomic E-state index is 0.229. The van der Waals surface area contributed by atoms with E-state index in [4.69, 9.17) is 4.52 Å². The minimum Gasteiger partial charge on any atom is -0.332 e. The van der Waals surface area contributed by atoms with Gasteiger partial charge in [0, 0.05) is 29.7 Å². The standard InChI is InChI=1S/C26H20F2N6O2/c1-16-5-8-21(12-22(16)28)31-26(35)30-20-9-6-17(7-10-20)13-34-14-23(29-15-34)25-32-24(33-36-25)18-3-2-4-19(27)11-18/h2-12,14-15H,13H2,1H3,(H2,30,31,35). The first-order valence-electron chi connectivity index (χ1n) is 11.0. The molecule has 3 aromatic carbocycles. The molecule has 0 aliphatic heterocycles. The number of carbonyl (C=O) groups is 1. The highest BCUT2D eigenvalue weighted by molar-refractivity contribution is 5.99. The fourth-order valence-electron chi connectivity index (χ4n) is 3.50. The van der Waals surface area contributed by atoms with Crippen molar-refractivity contribution in [3.8, 4) is 23.0 Å². The maximum absolute atomic E-state index is 13.7. The van der Waals surface area contributed by atoms with Crippen molar-refractivity contribution in [2.75, 3.05) is 10.6 Å². The van der Waals surface area contributed by atoms with Crippen molar-refractivity contribution in [2.45, 2.75) is 13.5 Å². The summed E-state index contributed by atoms with van der Waals surface area (Å²) in [6, 6.07) is 17.3. The normalized spacial score (nSPS) is 10.9. The summed E-state index contributed by atoms with van der Waals surface area (Å²) in [6.45, 7) is 2.18. The first-order chi connectivity index (χ1) is 17.4. The Morgan fingerprint density at radius 2 is 1.78 bits per heavy atom. The van der Waals surface area contributed by atoms with Crippen LogP contribution in [0.2, 0.25) is 0 Å². The Kier molecular flexibility index (Phi) is 6.23. The van der Waals surface area contributed by atoms with Crippen LogP contribution in [0.4, 0.5) is 25.0 Å². The second-order valence-electron chi connectivity index (χ2n) is 8.10. The van der Waals surface area contributed by atoms with Gasteiger partial charge in [0.1, 0.15) is 17.3 Å². The average molecular weight is 486 g/mol. The van der Waals surface area contributed by atoms with Crippen LogP contribution in [0.5, 0.6) is 0 Å². The molecule has 0 spiro atoms. The van der Waals surface area contributed by atoms with Crippen LogP contribution in [0.3, 0.4) is 0 Å². The smallest absolute Gasteiger partial charge is 0.323 e. The molecule has 2 amide bonds. The number of halogens is 2. The molecular formula is C26H20F2N6O2. The fourth-order valence-corrected chi connectivity index (χ4v) is 3.50. The lowest BCUT2D eigenvalue weighted by atomic mass is 10.2. The van der Waals surface area contributed by atoms with Gasteiger partial charge in [-0.15, -0.1) is 0 Å². The number of hydrogen-bond donors (Lipinski definition) is 2. The zero-order valence-electron chi connectivity index (χ0n) is 19.1. The van der Waals surface area contributed by atoms with Gasteiger partial charge in [0.25, 0.3) is 5.89 Å². The predicted octanol–water partition coefficient (Wildman–Crippen LogP) is 5.88. The summed E-state index contributed by atoms with van der Waals surface area (Å²) >= 11 is 0. The Hall–Kier alpha value is -4.86. The number of urea groups is 1. The van der Waals surface area contributed by atoms with Gasteiger partial charge in [-0.25, -0.2) is 18.6 Å². The van der Waals surface area contributed by atoms with E-state index in [0.29, 0.717) is 34.7 Å². The second kappa shape index (κ2) is 9.79. The van der Waals surface area contributed by atoms with Crippen molar-refractivity contribution in [3.05, 3.63) is 102 Å². The summed E-state index contributed by atoms with van der Waals surface area (Å²) in [7, 11) is 0. The van der Waals surface area contributed by atoms with Crippen LogP contribution < -0.4 is 10.6 Å². The third-order valence-corrected chi connectivity index (χ3v) is 5.37. The van der Waals surface area contributed by atoms with Crippen LogP contribution in [0.25, 0.3) is 23.0 Å². The Bertz CT molecular complexity index is 1530. The van der Waals surface area contributed by atoms with Gasteiger partial charge in [0.2, 0.25) is 5.82 Å². The zero-order chi connectivity index (χ0) is 25.1. The Balaban J connectivity index is 1.19. The monoisotopic (exact) mass is 486 g/mol. The summed E-state index contributed by atoms with van der Waals surface area (Å²) in [6.07, 6.45) is 3.41. The topological polar surface area (TPSA) is 97.9 Å². The van der Waals surface area contributed by atoms with Gasteiger partial charge < -0.3 is 19.7 Å². The van der Waals surface area contributed by atoms with Crippen LogP contribution in [0.15, 0.2) is 83.8 Å². The Labute approximate surface area is 204 Å². The number of aromatic nitrogens is 4. The van der Waals surface area contributed by atoms with E-state index in [2.05, 4.69) is 25.8 Å². The number of nitrogens with one attached hydrogen (secondary N) is 2. The summed E-state index contributed by atoms with van der Waals surface area (Å²) in [5.74, 6) is -0.261. The summed E-state index contributed by atoms with van der Waals surface area (Å²) < 4.78 is 34.3. The van der Waals surface area contributed by atoms with Crippen LogP contribution in [0, 0.1) is 18.6 Å². The summed E-state index contributed by atoms with van der Waals surface area (Å²) in [5, 5.41) is 9.23. The van der Waals surface area contributed by atoms with Crippen LogP contribution >= 0.6 is 0 Å². The maximum Gasteiger partial charge on any atom is 0.323 e. The van der Waals surface area contributed by atoms with Crippen LogP contribution in [-0.2, 0) is 6.54 Å². The third kappa shape index (κ3) is 5.27. The van der Waals surface area contributed by atoms with E-state index in [1.54, 1.807) is 55.8 Å². The van der Waals surface area contributed by atoms with Gasteiger partial charge in [-0.3, -0.25) is 0 Å². The molecule has 2 N–H and O–H groups in total. The number of benzene rings is 3. The molecule has 180 valence electrons. The van der Waals surface area contributed by atoms with Crippen LogP contribution in [-0.4, -0.2) is 25.7 Å².